The van der Waals surface area contributed by atoms with Crippen LogP contribution in [0.5, 0.6) is 0 Å². The van der Waals surface area contributed by atoms with Gasteiger partial charge in [0.2, 0.25) is 0 Å². The molecule has 0 aliphatic heterocycles. The molecule has 2 rings (SSSR count). The first kappa shape index (κ1) is 13.8. The lowest BCUT2D eigenvalue weighted by Gasteiger charge is -2.24. The second kappa shape index (κ2) is 6.00. The lowest BCUT2D eigenvalue weighted by atomic mass is 9.79. The van der Waals surface area contributed by atoms with Gasteiger partial charge in [0.15, 0.2) is 5.78 Å². The molecule has 0 spiro atoms. The lowest BCUT2D eigenvalue weighted by Crippen LogP contribution is -2.22. The van der Waals surface area contributed by atoms with Gasteiger partial charge in [-0.15, -0.1) is 0 Å². The van der Waals surface area contributed by atoms with E-state index < -0.39 is 0 Å². The summed E-state index contributed by atoms with van der Waals surface area (Å²) >= 11 is 0. The van der Waals surface area contributed by atoms with E-state index >= 15 is 0 Å². The maximum Gasteiger partial charge on any atom is 0.166 e. The highest BCUT2D eigenvalue weighted by atomic mass is 16.1. The number of carbonyl (C=O) groups is 1. The molecule has 102 valence electrons. The van der Waals surface area contributed by atoms with Gasteiger partial charge < -0.3 is 4.90 Å². The summed E-state index contributed by atoms with van der Waals surface area (Å²) in [6.45, 7) is 5.01. The van der Waals surface area contributed by atoms with Gasteiger partial charge in [-0.3, -0.25) is 4.79 Å². The van der Waals surface area contributed by atoms with E-state index in [0.717, 1.165) is 36.2 Å². The molecule has 1 fully saturated rings. The van der Waals surface area contributed by atoms with Gasteiger partial charge in [-0.2, -0.15) is 0 Å². The topological polar surface area (TPSA) is 32.7 Å². The Labute approximate surface area is 115 Å². The fourth-order valence-corrected chi connectivity index (χ4v) is 2.14. The van der Waals surface area contributed by atoms with Crippen LogP contribution in [0.25, 0.3) is 0 Å². The molecule has 1 aromatic carbocycles. The van der Waals surface area contributed by atoms with E-state index in [9.17, 15) is 4.79 Å². The average molecular weight is 258 g/mol. The molecule has 0 atom stereocenters. The predicted octanol–water partition coefficient (Wildman–Crippen LogP) is 3.59. The molecule has 1 aliphatic carbocycles. The maximum absolute atomic E-state index is 12.2. The van der Waals surface area contributed by atoms with Gasteiger partial charge in [-0.1, -0.05) is 6.42 Å². The molecule has 0 unspecified atom stereocenters. The third-order valence-electron chi connectivity index (χ3n) is 3.85. The molecular formula is C16H22N2O. The molecule has 19 heavy (non-hydrogen) atoms. The summed E-state index contributed by atoms with van der Waals surface area (Å²) < 4.78 is 0. The quantitative estimate of drug-likeness (QED) is 0.459. The van der Waals surface area contributed by atoms with Gasteiger partial charge in [0.25, 0.3) is 0 Å². The smallest absolute Gasteiger partial charge is 0.166 e. The van der Waals surface area contributed by atoms with Gasteiger partial charge in [-0.05, 0) is 50.5 Å². The zero-order valence-corrected chi connectivity index (χ0v) is 12.0. The Kier molecular flexibility index (Phi) is 4.35. The third-order valence-corrected chi connectivity index (χ3v) is 3.85. The summed E-state index contributed by atoms with van der Waals surface area (Å²) in [5.41, 5.74) is 2.81. The van der Waals surface area contributed by atoms with Crippen molar-refractivity contribution in [2.24, 2.45) is 10.9 Å². The first-order chi connectivity index (χ1) is 9.11. The summed E-state index contributed by atoms with van der Waals surface area (Å²) in [5.74, 6) is 0.573. The molecule has 1 aromatic rings. The number of carbonyl (C=O) groups excluding carboxylic acids is 1. The Morgan fingerprint density at radius 2 is 2.21 bits per heavy atom. The Morgan fingerprint density at radius 1 is 1.47 bits per heavy atom. The molecule has 0 radical (unpaired) electrons. The zero-order chi connectivity index (χ0) is 13.8. The number of hydrogen-bond acceptors (Lipinski definition) is 2. The van der Waals surface area contributed by atoms with E-state index in [1.54, 1.807) is 0 Å². The molecule has 0 N–H and O–H groups in total. The SMILES string of the molecule is CCN(C)C=Nc1ccc(C(=O)C2CCC2)c(C)c1. The van der Waals surface area contributed by atoms with Crippen molar-refractivity contribution in [2.45, 2.75) is 33.1 Å². The fourth-order valence-electron chi connectivity index (χ4n) is 2.14. The largest absolute Gasteiger partial charge is 0.366 e. The molecule has 3 heteroatoms. The van der Waals surface area contributed by atoms with Crippen LogP contribution >= 0.6 is 0 Å². The molecule has 0 aromatic heterocycles. The Morgan fingerprint density at radius 3 is 2.74 bits per heavy atom. The highest BCUT2D eigenvalue weighted by Gasteiger charge is 2.26. The summed E-state index contributed by atoms with van der Waals surface area (Å²) in [4.78, 5) is 18.6. The van der Waals surface area contributed by atoms with E-state index in [-0.39, 0.29) is 5.92 Å². The van der Waals surface area contributed by atoms with Gasteiger partial charge >= 0.3 is 0 Å². The molecule has 0 bridgehead atoms. The Hall–Kier alpha value is -1.64. The van der Waals surface area contributed by atoms with E-state index in [1.807, 2.05) is 43.4 Å². The van der Waals surface area contributed by atoms with Crippen LogP contribution in [0.1, 0.15) is 42.1 Å². The molecule has 0 heterocycles. The molecular weight excluding hydrogens is 236 g/mol. The number of Topliss-reactive ketones (excluding diaryl/α,β-unsaturated/α-hetero) is 1. The second-order valence-corrected chi connectivity index (χ2v) is 5.31. The summed E-state index contributed by atoms with van der Waals surface area (Å²) in [6.07, 6.45) is 5.13. The van der Waals surface area contributed by atoms with Crippen LogP contribution < -0.4 is 0 Å². The summed E-state index contributed by atoms with van der Waals surface area (Å²) in [7, 11) is 1.99. The van der Waals surface area contributed by atoms with Crippen molar-refractivity contribution >= 4 is 17.8 Å². The first-order valence-electron chi connectivity index (χ1n) is 7.01. The summed E-state index contributed by atoms with van der Waals surface area (Å²) in [6, 6.07) is 5.85. The number of ketones is 1. The highest BCUT2D eigenvalue weighted by molar-refractivity contribution is 5.99. The van der Waals surface area contributed by atoms with Gasteiger partial charge in [0.05, 0.1) is 12.0 Å². The number of benzene rings is 1. The average Bonchev–Trinajstić information content (AvgIpc) is 2.33. The van der Waals surface area contributed by atoms with Crippen molar-refractivity contribution in [1.29, 1.82) is 0 Å². The monoisotopic (exact) mass is 258 g/mol. The third kappa shape index (κ3) is 3.22. The Bertz CT molecular complexity index is 490. The molecule has 0 saturated heterocycles. The lowest BCUT2D eigenvalue weighted by molar-refractivity contribution is 0.0854. The molecule has 1 aliphatic rings. The van der Waals surface area contributed by atoms with Crippen LogP contribution in [0.2, 0.25) is 0 Å². The number of rotatable bonds is 5. The fraction of sp³-hybridized carbons (Fsp3) is 0.500. The highest BCUT2D eigenvalue weighted by Crippen LogP contribution is 2.31. The zero-order valence-electron chi connectivity index (χ0n) is 12.0. The number of nitrogens with zero attached hydrogens (tertiary/aromatic N) is 2. The van der Waals surface area contributed by atoms with Crippen LogP contribution in [0, 0.1) is 12.8 Å². The number of aryl methyl sites for hydroxylation is 1. The van der Waals surface area contributed by atoms with Crippen molar-refractivity contribution < 1.29 is 4.79 Å². The van der Waals surface area contributed by atoms with Crippen LogP contribution in [0.15, 0.2) is 23.2 Å². The van der Waals surface area contributed by atoms with E-state index in [0.29, 0.717) is 5.78 Å². The maximum atomic E-state index is 12.2. The van der Waals surface area contributed by atoms with E-state index in [2.05, 4.69) is 11.9 Å². The Balaban J connectivity index is 2.12. The van der Waals surface area contributed by atoms with Crippen molar-refractivity contribution in [3.05, 3.63) is 29.3 Å². The number of aliphatic imine (C=N–C) groups is 1. The molecule has 0 amide bonds. The summed E-state index contributed by atoms with van der Waals surface area (Å²) in [5, 5.41) is 0. The van der Waals surface area contributed by atoms with Gasteiger partial charge in [0.1, 0.15) is 0 Å². The van der Waals surface area contributed by atoms with Crippen LogP contribution in [-0.2, 0) is 0 Å². The van der Waals surface area contributed by atoms with Crippen molar-refractivity contribution in [1.82, 2.24) is 4.90 Å². The van der Waals surface area contributed by atoms with Gasteiger partial charge in [0, 0.05) is 25.1 Å². The van der Waals surface area contributed by atoms with Crippen LogP contribution in [0.4, 0.5) is 5.69 Å². The normalized spacial score (nSPS) is 15.5. The van der Waals surface area contributed by atoms with E-state index in [4.69, 9.17) is 0 Å². The minimum atomic E-state index is 0.263. The van der Waals surface area contributed by atoms with Gasteiger partial charge in [-0.25, -0.2) is 4.99 Å². The minimum absolute atomic E-state index is 0.263. The first-order valence-corrected chi connectivity index (χ1v) is 7.01. The second-order valence-electron chi connectivity index (χ2n) is 5.31. The van der Waals surface area contributed by atoms with Crippen molar-refractivity contribution in [3.63, 3.8) is 0 Å². The molecule has 1 saturated carbocycles. The van der Waals surface area contributed by atoms with Crippen LogP contribution in [0.3, 0.4) is 0 Å². The van der Waals surface area contributed by atoms with Crippen molar-refractivity contribution in [3.8, 4) is 0 Å². The van der Waals surface area contributed by atoms with E-state index in [1.165, 1.54) is 6.42 Å². The van der Waals surface area contributed by atoms with Crippen LogP contribution in [-0.4, -0.2) is 30.6 Å². The predicted molar refractivity (Wildman–Crippen MR) is 79.3 cm³/mol. The standard InChI is InChI=1S/C16H22N2O/c1-4-18(3)11-17-14-8-9-15(12(2)10-14)16(19)13-6-5-7-13/h8-11,13H,4-7H2,1-3H3. The molecule has 3 nitrogen and oxygen atoms in total. The number of hydrogen-bond donors (Lipinski definition) is 0. The van der Waals surface area contributed by atoms with Crippen molar-refractivity contribution in [2.75, 3.05) is 13.6 Å². The minimum Gasteiger partial charge on any atom is -0.366 e.